The van der Waals surface area contributed by atoms with Gasteiger partial charge in [-0.15, -0.1) is 11.3 Å². The summed E-state index contributed by atoms with van der Waals surface area (Å²) in [4.78, 5) is 23.1. The average molecular weight is 291 g/mol. The topological polar surface area (TPSA) is 86.6 Å². The van der Waals surface area contributed by atoms with E-state index in [1.807, 2.05) is 12.1 Å². The fourth-order valence-electron chi connectivity index (χ4n) is 1.68. The third kappa shape index (κ3) is 3.83. The van der Waals surface area contributed by atoms with Crippen LogP contribution in [0.1, 0.15) is 20.1 Å². The first-order valence-electron chi connectivity index (χ1n) is 5.91. The molecule has 0 fully saturated rings. The lowest BCUT2D eigenvalue weighted by molar-refractivity contribution is -0.136. The van der Waals surface area contributed by atoms with Crippen LogP contribution in [0, 0.1) is 0 Å². The number of carboxylic acid groups (broad SMARTS) is 2. The van der Waals surface area contributed by atoms with Gasteiger partial charge in [0.1, 0.15) is 0 Å². The molecular formula is C14H13NO4S. The van der Waals surface area contributed by atoms with Gasteiger partial charge < -0.3 is 15.5 Å². The molecule has 0 aliphatic heterocycles. The highest BCUT2D eigenvalue weighted by Crippen LogP contribution is 2.19. The van der Waals surface area contributed by atoms with Crippen molar-refractivity contribution in [1.29, 1.82) is 0 Å². The van der Waals surface area contributed by atoms with Crippen molar-refractivity contribution in [3.05, 3.63) is 51.7 Å². The van der Waals surface area contributed by atoms with Crippen LogP contribution in [-0.4, -0.2) is 22.2 Å². The first-order valence-corrected chi connectivity index (χ1v) is 6.73. The van der Waals surface area contributed by atoms with Gasteiger partial charge in [0.05, 0.1) is 12.0 Å². The van der Waals surface area contributed by atoms with E-state index in [-0.39, 0.29) is 12.0 Å². The Morgan fingerprint density at radius 2 is 1.65 bits per heavy atom. The zero-order valence-corrected chi connectivity index (χ0v) is 11.3. The summed E-state index contributed by atoms with van der Waals surface area (Å²) in [6, 6.07) is 10.2. The number of rotatable bonds is 6. The van der Waals surface area contributed by atoms with Crippen LogP contribution in [-0.2, 0) is 17.8 Å². The molecule has 0 bridgehead atoms. The monoisotopic (exact) mass is 291 g/mol. The minimum Gasteiger partial charge on any atom is -0.481 e. The van der Waals surface area contributed by atoms with E-state index in [1.54, 1.807) is 12.1 Å². The Labute approximate surface area is 119 Å². The maximum atomic E-state index is 10.7. The third-order valence-corrected chi connectivity index (χ3v) is 3.73. The zero-order valence-electron chi connectivity index (χ0n) is 10.5. The van der Waals surface area contributed by atoms with Crippen molar-refractivity contribution in [3.63, 3.8) is 0 Å². The molecule has 0 aliphatic rings. The van der Waals surface area contributed by atoms with Gasteiger partial charge >= 0.3 is 11.9 Å². The number of nitrogens with one attached hydrogen (secondary N) is 1. The molecule has 0 aliphatic carbocycles. The quantitative estimate of drug-likeness (QED) is 0.761. The molecule has 0 radical (unpaired) electrons. The van der Waals surface area contributed by atoms with Crippen LogP contribution >= 0.6 is 11.3 Å². The van der Waals surface area contributed by atoms with Crippen LogP contribution in [0.2, 0.25) is 0 Å². The minimum absolute atomic E-state index is 0.0397. The number of anilines is 1. The van der Waals surface area contributed by atoms with Crippen LogP contribution in [0.5, 0.6) is 0 Å². The lowest BCUT2D eigenvalue weighted by atomic mass is 10.2. The van der Waals surface area contributed by atoms with Crippen LogP contribution in [0.4, 0.5) is 5.69 Å². The van der Waals surface area contributed by atoms with E-state index < -0.39 is 11.9 Å². The van der Waals surface area contributed by atoms with Gasteiger partial charge in [0.25, 0.3) is 0 Å². The van der Waals surface area contributed by atoms with Gasteiger partial charge in [-0.25, -0.2) is 4.79 Å². The Kier molecular flexibility index (Phi) is 4.37. The third-order valence-electron chi connectivity index (χ3n) is 2.64. The standard InChI is InChI=1S/C14H13NO4S/c16-13(17)7-11-5-6-12(20-11)8-15-10-3-1-9(2-4-10)14(18)19/h1-6,15H,7-8H2,(H,16,17)(H,18,19). The molecule has 2 rings (SSSR count). The van der Waals surface area contributed by atoms with E-state index in [0.29, 0.717) is 6.54 Å². The van der Waals surface area contributed by atoms with E-state index in [2.05, 4.69) is 5.32 Å². The number of aromatic carboxylic acids is 1. The fourth-order valence-corrected chi connectivity index (χ4v) is 2.63. The van der Waals surface area contributed by atoms with Gasteiger partial charge in [0.15, 0.2) is 0 Å². The molecule has 1 heterocycles. The van der Waals surface area contributed by atoms with Gasteiger partial charge in [0.2, 0.25) is 0 Å². The first kappa shape index (κ1) is 14.1. The normalized spacial score (nSPS) is 10.2. The lowest BCUT2D eigenvalue weighted by Gasteiger charge is -2.04. The highest BCUT2D eigenvalue weighted by atomic mass is 32.1. The summed E-state index contributed by atoms with van der Waals surface area (Å²) in [7, 11) is 0. The molecule has 1 aromatic heterocycles. The Balaban J connectivity index is 1.93. The second-order valence-corrected chi connectivity index (χ2v) is 5.43. The number of benzene rings is 1. The van der Waals surface area contributed by atoms with Crippen molar-refractivity contribution >= 4 is 29.0 Å². The number of thiophene rings is 1. The van der Waals surface area contributed by atoms with Crippen LogP contribution in [0.15, 0.2) is 36.4 Å². The number of aliphatic carboxylic acids is 1. The van der Waals surface area contributed by atoms with E-state index in [9.17, 15) is 9.59 Å². The molecule has 0 amide bonds. The summed E-state index contributed by atoms with van der Waals surface area (Å²) in [5, 5.41) is 20.7. The van der Waals surface area contributed by atoms with Crippen molar-refractivity contribution in [2.24, 2.45) is 0 Å². The molecule has 0 unspecified atom stereocenters. The maximum Gasteiger partial charge on any atom is 0.335 e. The van der Waals surface area contributed by atoms with E-state index in [4.69, 9.17) is 10.2 Å². The molecular weight excluding hydrogens is 278 g/mol. The SMILES string of the molecule is O=C(O)Cc1ccc(CNc2ccc(C(=O)O)cc2)s1. The molecule has 0 spiro atoms. The van der Waals surface area contributed by atoms with Crippen molar-refractivity contribution in [3.8, 4) is 0 Å². The van der Waals surface area contributed by atoms with Gasteiger partial charge in [-0.2, -0.15) is 0 Å². The Morgan fingerprint density at radius 1 is 1.00 bits per heavy atom. The van der Waals surface area contributed by atoms with Gasteiger partial charge in [-0.3, -0.25) is 4.79 Å². The molecule has 0 atom stereocenters. The number of hydrogen-bond donors (Lipinski definition) is 3. The minimum atomic E-state index is -0.951. The highest BCUT2D eigenvalue weighted by Gasteiger charge is 2.05. The van der Waals surface area contributed by atoms with Crippen molar-refractivity contribution < 1.29 is 19.8 Å². The van der Waals surface area contributed by atoms with Gasteiger partial charge in [-0.05, 0) is 36.4 Å². The molecule has 6 heteroatoms. The van der Waals surface area contributed by atoms with Crippen LogP contribution in [0.25, 0.3) is 0 Å². The number of carboxylic acids is 2. The first-order chi connectivity index (χ1) is 9.54. The Bertz CT molecular complexity index is 618. The highest BCUT2D eigenvalue weighted by molar-refractivity contribution is 7.12. The maximum absolute atomic E-state index is 10.7. The van der Waals surface area contributed by atoms with Crippen molar-refractivity contribution in [2.75, 3.05) is 5.32 Å². The second kappa shape index (κ2) is 6.21. The Morgan fingerprint density at radius 3 is 2.25 bits per heavy atom. The molecule has 2 aromatic rings. The molecule has 1 aromatic carbocycles. The van der Waals surface area contributed by atoms with Crippen LogP contribution in [0.3, 0.4) is 0 Å². The number of hydrogen-bond acceptors (Lipinski definition) is 4. The summed E-state index contributed by atoms with van der Waals surface area (Å²) in [5.74, 6) is -1.79. The van der Waals surface area contributed by atoms with Crippen molar-refractivity contribution in [1.82, 2.24) is 0 Å². The summed E-state index contributed by atoms with van der Waals surface area (Å²) in [5.41, 5.74) is 1.07. The average Bonchev–Trinajstić information content (AvgIpc) is 2.83. The number of carbonyl (C=O) groups is 2. The summed E-state index contributed by atoms with van der Waals surface area (Å²) < 4.78 is 0. The van der Waals surface area contributed by atoms with E-state index in [1.165, 1.54) is 23.5 Å². The molecule has 0 saturated carbocycles. The van der Waals surface area contributed by atoms with E-state index >= 15 is 0 Å². The smallest absolute Gasteiger partial charge is 0.335 e. The molecule has 20 heavy (non-hydrogen) atoms. The summed E-state index contributed by atoms with van der Waals surface area (Å²) in [6.45, 7) is 0.580. The van der Waals surface area contributed by atoms with E-state index in [0.717, 1.165) is 15.4 Å². The molecule has 5 nitrogen and oxygen atoms in total. The zero-order chi connectivity index (χ0) is 14.5. The lowest BCUT2D eigenvalue weighted by Crippen LogP contribution is -1.99. The van der Waals surface area contributed by atoms with Crippen LogP contribution < -0.4 is 5.32 Å². The van der Waals surface area contributed by atoms with Gasteiger partial charge in [-0.1, -0.05) is 0 Å². The fraction of sp³-hybridized carbons (Fsp3) is 0.143. The second-order valence-electron chi connectivity index (χ2n) is 4.17. The summed E-state index contributed by atoms with van der Waals surface area (Å²) in [6.07, 6.45) is 0.0397. The Hall–Kier alpha value is -2.34. The predicted octanol–water partition coefficient (Wildman–Crippen LogP) is 2.69. The summed E-state index contributed by atoms with van der Waals surface area (Å²) >= 11 is 1.45. The molecule has 3 N–H and O–H groups in total. The largest absolute Gasteiger partial charge is 0.481 e. The molecule has 0 saturated heterocycles. The molecule has 104 valence electrons. The van der Waals surface area contributed by atoms with Crippen molar-refractivity contribution in [2.45, 2.75) is 13.0 Å². The predicted molar refractivity (Wildman–Crippen MR) is 76.4 cm³/mol. The van der Waals surface area contributed by atoms with Gasteiger partial charge in [0, 0.05) is 22.0 Å².